The summed E-state index contributed by atoms with van der Waals surface area (Å²) in [6.07, 6.45) is 7.43. The molecular formula is C20H28N2O2. The minimum Gasteiger partial charge on any atom is -0.480 e. The van der Waals surface area contributed by atoms with E-state index in [1.54, 1.807) is 0 Å². The molecular weight excluding hydrogens is 300 g/mol. The van der Waals surface area contributed by atoms with Gasteiger partial charge in [-0.15, -0.1) is 0 Å². The molecule has 3 aliphatic rings. The van der Waals surface area contributed by atoms with Gasteiger partial charge < -0.3 is 10.4 Å². The third-order valence-electron chi connectivity index (χ3n) is 5.75. The first-order chi connectivity index (χ1) is 11.7. The van der Waals surface area contributed by atoms with Crippen molar-refractivity contribution < 1.29 is 9.90 Å². The number of carboxylic acids is 1. The Kier molecular flexibility index (Phi) is 4.59. The van der Waals surface area contributed by atoms with Crippen molar-refractivity contribution >= 4 is 5.97 Å². The average molecular weight is 328 g/mol. The summed E-state index contributed by atoms with van der Waals surface area (Å²) in [5, 5.41) is 12.8. The fraction of sp³-hybridized carbons (Fsp3) is 0.650. The summed E-state index contributed by atoms with van der Waals surface area (Å²) in [5.74, 6) is 0.871. The minimum absolute atomic E-state index is 0.206. The Labute approximate surface area is 144 Å². The number of rotatable bonds is 9. The van der Waals surface area contributed by atoms with E-state index in [1.807, 2.05) is 0 Å². The molecule has 4 heteroatoms. The molecule has 3 fully saturated rings. The van der Waals surface area contributed by atoms with Crippen molar-refractivity contribution in [3.63, 3.8) is 0 Å². The summed E-state index contributed by atoms with van der Waals surface area (Å²) >= 11 is 0. The second-order valence-electron chi connectivity index (χ2n) is 7.99. The maximum atomic E-state index is 11.1. The molecule has 0 aliphatic heterocycles. The first-order valence-corrected chi connectivity index (χ1v) is 9.45. The third-order valence-corrected chi connectivity index (χ3v) is 5.75. The van der Waals surface area contributed by atoms with Crippen molar-refractivity contribution in [2.24, 2.45) is 5.92 Å². The van der Waals surface area contributed by atoms with Gasteiger partial charge in [0.1, 0.15) is 0 Å². The average Bonchev–Trinajstić information content (AvgIpc) is 3.39. The van der Waals surface area contributed by atoms with E-state index >= 15 is 0 Å². The van der Waals surface area contributed by atoms with Crippen molar-refractivity contribution in [3.8, 4) is 0 Å². The zero-order valence-electron chi connectivity index (χ0n) is 14.3. The predicted octanol–water partition coefficient (Wildman–Crippen LogP) is 2.98. The van der Waals surface area contributed by atoms with Crippen LogP contribution in [-0.2, 0) is 11.3 Å². The van der Waals surface area contributed by atoms with E-state index in [9.17, 15) is 4.79 Å². The standard InChI is InChI=1S/C20H28N2O2/c23-20(24)13-22(12-14-4-5-14)19-9-18(10-19)21-11-15-2-1-3-17(8-15)16-6-7-16/h1-3,8,14,16,18-19,21H,4-7,9-13H2,(H,23,24). The summed E-state index contributed by atoms with van der Waals surface area (Å²) in [4.78, 5) is 13.3. The molecule has 0 radical (unpaired) electrons. The lowest BCUT2D eigenvalue weighted by atomic mass is 9.85. The fourth-order valence-electron chi connectivity index (χ4n) is 3.84. The Balaban J connectivity index is 1.23. The number of aliphatic carboxylic acids is 1. The van der Waals surface area contributed by atoms with Crippen molar-refractivity contribution in [1.29, 1.82) is 0 Å². The van der Waals surface area contributed by atoms with E-state index in [4.69, 9.17) is 5.11 Å². The highest BCUT2D eigenvalue weighted by Gasteiger charge is 2.36. The van der Waals surface area contributed by atoms with Crippen molar-refractivity contribution in [2.45, 2.75) is 63.1 Å². The molecule has 4 nitrogen and oxygen atoms in total. The van der Waals surface area contributed by atoms with Crippen LogP contribution in [0, 0.1) is 5.92 Å². The molecule has 0 heterocycles. The Morgan fingerprint density at radius 2 is 2.00 bits per heavy atom. The van der Waals surface area contributed by atoms with E-state index in [-0.39, 0.29) is 6.54 Å². The van der Waals surface area contributed by atoms with Gasteiger partial charge >= 0.3 is 5.97 Å². The highest BCUT2D eigenvalue weighted by atomic mass is 16.4. The summed E-state index contributed by atoms with van der Waals surface area (Å²) in [5.41, 5.74) is 2.88. The van der Waals surface area contributed by atoms with Crippen LogP contribution in [-0.4, -0.2) is 41.1 Å². The second-order valence-corrected chi connectivity index (χ2v) is 7.99. The molecule has 24 heavy (non-hydrogen) atoms. The predicted molar refractivity (Wildman–Crippen MR) is 94.0 cm³/mol. The highest BCUT2D eigenvalue weighted by Crippen LogP contribution is 2.40. The molecule has 0 unspecified atom stereocenters. The molecule has 0 atom stereocenters. The minimum atomic E-state index is -0.691. The van der Waals surface area contributed by atoms with Gasteiger partial charge in [0.05, 0.1) is 6.54 Å². The summed E-state index contributed by atoms with van der Waals surface area (Å²) in [7, 11) is 0. The van der Waals surface area contributed by atoms with Crippen LogP contribution in [0.4, 0.5) is 0 Å². The largest absolute Gasteiger partial charge is 0.480 e. The van der Waals surface area contributed by atoms with Gasteiger partial charge in [0.15, 0.2) is 0 Å². The fourth-order valence-corrected chi connectivity index (χ4v) is 3.84. The maximum Gasteiger partial charge on any atom is 0.317 e. The van der Waals surface area contributed by atoms with Gasteiger partial charge in [0.25, 0.3) is 0 Å². The van der Waals surface area contributed by atoms with Crippen LogP contribution >= 0.6 is 0 Å². The molecule has 4 rings (SSSR count). The quantitative estimate of drug-likeness (QED) is 0.732. The van der Waals surface area contributed by atoms with Crippen molar-refractivity contribution in [2.75, 3.05) is 13.1 Å². The number of hydrogen-bond acceptors (Lipinski definition) is 3. The van der Waals surface area contributed by atoms with Crippen LogP contribution in [0.3, 0.4) is 0 Å². The molecule has 1 aromatic rings. The zero-order valence-corrected chi connectivity index (χ0v) is 14.3. The molecule has 3 aliphatic carbocycles. The van der Waals surface area contributed by atoms with Gasteiger partial charge in [-0.2, -0.15) is 0 Å². The Hall–Kier alpha value is -1.39. The van der Waals surface area contributed by atoms with Crippen LogP contribution in [0.1, 0.15) is 55.6 Å². The summed E-state index contributed by atoms with van der Waals surface area (Å²) in [6, 6.07) is 9.98. The topological polar surface area (TPSA) is 52.6 Å². The van der Waals surface area contributed by atoms with Gasteiger partial charge in [-0.05, 0) is 61.5 Å². The van der Waals surface area contributed by atoms with Crippen LogP contribution < -0.4 is 5.32 Å². The molecule has 0 bridgehead atoms. The number of benzene rings is 1. The highest BCUT2D eigenvalue weighted by molar-refractivity contribution is 5.69. The van der Waals surface area contributed by atoms with Crippen molar-refractivity contribution in [1.82, 2.24) is 10.2 Å². The van der Waals surface area contributed by atoms with E-state index in [0.29, 0.717) is 12.1 Å². The van der Waals surface area contributed by atoms with E-state index in [1.165, 1.54) is 36.8 Å². The summed E-state index contributed by atoms with van der Waals surface area (Å²) < 4.78 is 0. The Bertz CT molecular complexity index is 589. The monoisotopic (exact) mass is 328 g/mol. The Morgan fingerprint density at radius 3 is 2.67 bits per heavy atom. The normalized spacial score (nSPS) is 26.4. The van der Waals surface area contributed by atoms with Gasteiger partial charge in [0, 0.05) is 25.2 Å². The van der Waals surface area contributed by atoms with Crippen LogP contribution in [0.25, 0.3) is 0 Å². The maximum absolute atomic E-state index is 11.1. The lowest BCUT2D eigenvalue weighted by Gasteiger charge is -2.43. The summed E-state index contributed by atoms with van der Waals surface area (Å²) in [6.45, 7) is 2.12. The zero-order chi connectivity index (χ0) is 16.5. The smallest absolute Gasteiger partial charge is 0.317 e. The lowest BCUT2D eigenvalue weighted by Crippen LogP contribution is -2.54. The molecule has 130 valence electrons. The SMILES string of the molecule is O=C(O)CN(CC1CC1)C1CC(NCc2cccc(C3CC3)c2)C1. The van der Waals surface area contributed by atoms with Crippen LogP contribution in [0.5, 0.6) is 0 Å². The number of carboxylic acid groups (broad SMARTS) is 1. The van der Waals surface area contributed by atoms with Gasteiger partial charge in [-0.1, -0.05) is 24.3 Å². The van der Waals surface area contributed by atoms with Gasteiger partial charge in [-0.3, -0.25) is 9.69 Å². The first-order valence-electron chi connectivity index (χ1n) is 9.45. The number of nitrogens with one attached hydrogen (secondary N) is 1. The molecule has 3 saturated carbocycles. The van der Waals surface area contributed by atoms with Gasteiger partial charge in [0.2, 0.25) is 0 Å². The molecule has 0 saturated heterocycles. The number of nitrogens with zero attached hydrogens (tertiary/aromatic N) is 1. The van der Waals surface area contributed by atoms with E-state index in [0.717, 1.165) is 37.8 Å². The molecule has 0 spiro atoms. The first kappa shape index (κ1) is 16.1. The molecule has 0 aromatic heterocycles. The molecule has 2 N–H and O–H groups in total. The van der Waals surface area contributed by atoms with Crippen molar-refractivity contribution in [3.05, 3.63) is 35.4 Å². The number of carbonyl (C=O) groups is 1. The lowest BCUT2D eigenvalue weighted by molar-refractivity contribution is -0.139. The van der Waals surface area contributed by atoms with E-state index in [2.05, 4.69) is 34.5 Å². The van der Waals surface area contributed by atoms with Crippen LogP contribution in [0.15, 0.2) is 24.3 Å². The van der Waals surface area contributed by atoms with Crippen LogP contribution in [0.2, 0.25) is 0 Å². The second kappa shape index (κ2) is 6.85. The number of hydrogen-bond donors (Lipinski definition) is 2. The molecule has 0 amide bonds. The van der Waals surface area contributed by atoms with Gasteiger partial charge in [-0.25, -0.2) is 0 Å². The van der Waals surface area contributed by atoms with E-state index < -0.39 is 5.97 Å². The molecule has 1 aromatic carbocycles. The third kappa shape index (κ3) is 4.17. The Morgan fingerprint density at radius 1 is 1.21 bits per heavy atom.